The average molecular weight is 381 g/mol. The topological polar surface area (TPSA) is 26.8 Å². The molecular formula is C23H28FN3O. The monoisotopic (exact) mass is 381 g/mol. The van der Waals surface area contributed by atoms with Crippen molar-refractivity contribution in [1.29, 1.82) is 0 Å². The van der Waals surface area contributed by atoms with Crippen molar-refractivity contribution in [1.82, 2.24) is 9.80 Å². The van der Waals surface area contributed by atoms with Gasteiger partial charge in [0.05, 0.1) is 0 Å². The van der Waals surface area contributed by atoms with E-state index in [-0.39, 0.29) is 11.7 Å². The Bertz CT molecular complexity index is 797. The lowest BCUT2D eigenvalue weighted by atomic mass is 10.1. The summed E-state index contributed by atoms with van der Waals surface area (Å²) in [6.45, 7) is 6.39. The van der Waals surface area contributed by atoms with Crippen LogP contribution >= 0.6 is 0 Å². The third kappa shape index (κ3) is 4.59. The minimum atomic E-state index is -0.117. The summed E-state index contributed by atoms with van der Waals surface area (Å²) in [5.74, 6) is 0.493. The van der Waals surface area contributed by atoms with Crippen molar-refractivity contribution in [2.45, 2.75) is 19.4 Å². The summed E-state index contributed by atoms with van der Waals surface area (Å²) >= 11 is 0. The standard InChI is InChI=1S/C23H28FN3O/c24-22-10-5-4-7-20(22)18-26-12-6-11-25(13-14-26)16-19-15-23(28)27(17-19)21-8-2-1-3-9-21/h1-5,7-10,19H,6,11-18H2/t19-/m0/s1. The fourth-order valence-corrected chi connectivity index (χ4v) is 4.36. The van der Waals surface area contributed by atoms with E-state index in [2.05, 4.69) is 9.80 Å². The van der Waals surface area contributed by atoms with Crippen molar-refractivity contribution < 1.29 is 9.18 Å². The molecule has 2 aromatic carbocycles. The van der Waals surface area contributed by atoms with Crippen LogP contribution in [0.1, 0.15) is 18.4 Å². The summed E-state index contributed by atoms with van der Waals surface area (Å²) in [5, 5.41) is 0. The number of carbonyl (C=O) groups excluding carboxylic acids is 1. The van der Waals surface area contributed by atoms with Crippen molar-refractivity contribution in [3.05, 3.63) is 66.0 Å². The zero-order valence-electron chi connectivity index (χ0n) is 16.3. The summed E-state index contributed by atoms with van der Waals surface area (Å²) < 4.78 is 13.9. The van der Waals surface area contributed by atoms with Crippen LogP contribution in [0, 0.1) is 11.7 Å². The molecule has 28 heavy (non-hydrogen) atoms. The van der Waals surface area contributed by atoms with Crippen LogP contribution in [-0.4, -0.2) is 55.0 Å². The van der Waals surface area contributed by atoms with Crippen LogP contribution in [0.4, 0.5) is 10.1 Å². The van der Waals surface area contributed by atoms with Gasteiger partial charge in [-0.25, -0.2) is 4.39 Å². The summed E-state index contributed by atoms with van der Waals surface area (Å²) in [7, 11) is 0. The molecule has 0 aromatic heterocycles. The minimum absolute atomic E-state index is 0.117. The van der Waals surface area contributed by atoms with E-state index in [0.717, 1.165) is 56.9 Å². The first-order valence-corrected chi connectivity index (χ1v) is 10.2. The second kappa shape index (κ2) is 8.84. The first-order chi connectivity index (χ1) is 13.7. The van der Waals surface area contributed by atoms with E-state index in [9.17, 15) is 9.18 Å². The number of hydrogen-bond donors (Lipinski definition) is 0. The van der Waals surface area contributed by atoms with Gasteiger partial charge in [-0.15, -0.1) is 0 Å². The number of halogens is 1. The van der Waals surface area contributed by atoms with Crippen LogP contribution in [0.25, 0.3) is 0 Å². The maximum Gasteiger partial charge on any atom is 0.227 e. The molecule has 2 aromatic rings. The van der Waals surface area contributed by atoms with Gasteiger partial charge in [-0.1, -0.05) is 36.4 Å². The Kier molecular flexibility index (Phi) is 6.03. The minimum Gasteiger partial charge on any atom is -0.312 e. The zero-order chi connectivity index (χ0) is 19.3. The highest BCUT2D eigenvalue weighted by molar-refractivity contribution is 5.95. The molecule has 2 saturated heterocycles. The largest absolute Gasteiger partial charge is 0.312 e. The molecule has 4 rings (SSSR count). The maximum absolute atomic E-state index is 13.9. The van der Waals surface area contributed by atoms with Gasteiger partial charge >= 0.3 is 0 Å². The summed E-state index contributed by atoms with van der Waals surface area (Å²) in [4.78, 5) is 19.2. The predicted molar refractivity (Wildman–Crippen MR) is 110 cm³/mol. The van der Waals surface area contributed by atoms with Crippen LogP contribution in [0.5, 0.6) is 0 Å². The van der Waals surface area contributed by atoms with Gasteiger partial charge < -0.3 is 9.80 Å². The van der Waals surface area contributed by atoms with E-state index in [1.54, 1.807) is 6.07 Å². The summed E-state index contributed by atoms with van der Waals surface area (Å²) in [5.41, 5.74) is 1.78. The van der Waals surface area contributed by atoms with Gasteiger partial charge in [-0.3, -0.25) is 9.69 Å². The maximum atomic E-state index is 13.9. The summed E-state index contributed by atoms with van der Waals surface area (Å²) in [6, 6.07) is 17.0. The number of rotatable bonds is 5. The van der Waals surface area contributed by atoms with Gasteiger partial charge in [0.1, 0.15) is 5.82 Å². The number of benzene rings is 2. The molecule has 1 amide bonds. The van der Waals surface area contributed by atoms with E-state index in [1.165, 1.54) is 6.07 Å². The fourth-order valence-electron chi connectivity index (χ4n) is 4.36. The molecule has 2 heterocycles. The number of nitrogens with zero attached hydrogens (tertiary/aromatic N) is 3. The number of carbonyl (C=O) groups is 1. The van der Waals surface area contributed by atoms with E-state index < -0.39 is 0 Å². The molecule has 0 radical (unpaired) electrons. The fraction of sp³-hybridized carbons (Fsp3) is 0.435. The van der Waals surface area contributed by atoms with Crippen LogP contribution in [0.3, 0.4) is 0 Å². The summed E-state index contributed by atoms with van der Waals surface area (Å²) in [6.07, 6.45) is 1.71. The average Bonchev–Trinajstić information content (AvgIpc) is 2.93. The Balaban J connectivity index is 1.29. The second-order valence-corrected chi connectivity index (χ2v) is 7.93. The van der Waals surface area contributed by atoms with Gasteiger partial charge in [-0.05, 0) is 43.6 Å². The molecule has 5 heteroatoms. The molecule has 0 N–H and O–H groups in total. The van der Waals surface area contributed by atoms with Gasteiger partial charge in [-0.2, -0.15) is 0 Å². The number of hydrogen-bond acceptors (Lipinski definition) is 3. The molecule has 4 nitrogen and oxygen atoms in total. The van der Waals surface area contributed by atoms with Crippen molar-refractivity contribution in [2.75, 3.05) is 44.2 Å². The Morgan fingerprint density at radius 3 is 2.43 bits per heavy atom. The normalized spacial score (nSPS) is 21.8. The Morgan fingerprint density at radius 1 is 0.893 bits per heavy atom. The smallest absolute Gasteiger partial charge is 0.227 e. The van der Waals surface area contributed by atoms with Crippen molar-refractivity contribution >= 4 is 11.6 Å². The van der Waals surface area contributed by atoms with Crippen LogP contribution in [0.2, 0.25) is 0 Å². The number of para-hydroxylation sites is 1. The third-order valence-electron chi connectivity index (χ3n) is 5.82. The molecule has 2 aliphatic rings. The quantitative estimate of drug-likeness (QED) is 0.794. The van der Waals surface area contributed by atoms with Crippen LogP contribution in [-0.2, 0) is 11.3 Å². The van der Waals surface area contributed by atoms with Gasteiger partial charge in [0, 0.05) is 50.4 Å². The van der Waals surface area contributed by atoms with Gasteiger partial charge in [0.2, 0.25) is 5.91 Å². The van der Waals surface area contributed by atoms with E-state index >= 15 is 0 Å². The van der Waals surface area contributed by atoms with E-state index in [0.29, 0.717) is 18.9 Å². The van der Waals surface area contributed by atoms with Gasteiger partial charge in [0.15, 0.2) is 0 Å². The Hall–Kier alpha value is -2.24. The molecule has 0 spiro atoms. The lowest BCUT2D eigenvalue weighted by Gasteiger charge is -2.24. The highest BCUT2D eigenvalue weighted by atomic mass is 19.1. The zero-order valence-corrected chi connectivity index (χ0v) is 16.3. The number of anilines is 1. The lowest BCUT2D eigenvalue weighted by molar-refractivity contribution is -0.117. The first kappa shape index (κ1) is 19.1. The molecule has 0 saturated carbocycles. The molecule has 1 atom stereocenters. The number of amides is 1. The first-order valence-electron chi connectivity index (χ1n) is 10.2. The highest BCUT2D eigenvalue weighted by Gasteiger charge is 2.32. The SMILES string of the molecule is O=C1C[C@@H](CN2CCCN(Cc3ccccc3F)CC2)CN1c1ccccc1. The molecular weight excluding hydrogens is 353 g/mol. The lowest BCUT2D eigenvalue weighted by Crippen LogP contribution is -2.35. The van der Waals surface area contributed by atoms with Crippen LogP contribution < -0.4 is 4.90 Å². The highest BCUT2D eigenvalue weighted by Crippen LogP contribution is 2.25. The Morgan fingerprint density at radius 2 is 1.61 bits per heavy atom. The van der Waals surface area contributed by atoms with Crippen molar-refractivity contribution in [3.8, 4) is 0 Å². The molecule has 0 bridgehead atoms. The van der Waals surface area contributed by atoms with E-state index in [4.69, 9.17) is 0 Å². The predicted octanol–water partition coefficient (Wildman–Crippen LogP) is 3.39. The molecule has 0 aliphatic carbocycles. The third-order valence-corrected chi connectivity index (χ3v) is 5.82. The van der Waals surface area contributed by atoms with Crippen molar-refractivity contribution in [3.63, 3.8) is 0 Å². The molecule has 2 aliphatic heterocycles. The second-order valence-electron chi connectivity index (χ2n) is 7.93. The van der Waals surface area contributed by atoms with Gasteiger partial charge in [0.25, 0.3) is 0 Å². The molecule has 2 fully saturated rings. The van der Waals surface area contributed by atoms with E-state index in [1.807, 2.05) is 47.4 Å². The molecule has 148 valence electrons. The Labute approximate surface area is 166 Å². The van der Waals surface area contributed by atoms with Crippen LogP contribution in [0.15, 0.2) is 54.6 Å². The van der Waals surface area contributed by atoms with Crippen molar-refractivity contribution in [2.24, 2.45) is 5.92 Å². The molecule has 0 unspecified atom stereocenters.